The van der Waals surface area contributed by atoms with Gasteiger partial charge in [-0.25, -0.2) is 4.79 Å². The number of carbonyl (C=O) groups is 1. The predicted octanol–water partition coefficient (Wildman–Crippen LogP) is 2.37. The summed E-state index contributed by atoms with van der Waals surface area (Å²) in [6, 6.07) is 6.32. The fourth-order valence-electron chi connectivity index (χ4n) is 1.64. The van der Waals surface area contributed by atoms with Crippen molar-refractivity contribution in [1.82, 2.24) is 0 Å². The smallest absolute Gasteiger partial charge is 0.338 e. The van der Waals surface area contributed by atoms with Crippen molar-refractivity contribution in [3.8, 4) is 0 Å². The Morgan fingerprint density at radius 1 is 1.26 bits per heavy atom. The zero-order chi connectivity index (χ0) is 14.2. The largest absolute Gasteiger partial charge is 0.456 e. The van der Waals surface area contributed by atoms with E-state index < -0.39 is 17.9 Å². The van der Waals surface area contributed by atoms with Crippen LogP contribution in [-0.2, 0) is 4.74 Å². The Labute approximate surface area is 110 Å². The summed E-state index contributed by atoms with van der Waals surface area (Å²) < 4.78 is 10.5. The lowest BCUT2D eigenvalue weighted by molar-refractivity contribution is -0.0571. The number of benzene rings is 1. The number of ether oxygens (including phenoxy) is 1. The first-order valence-electron chi connectivity index (χ1n) is 5.89. The number of esters is 1. The molecule has 0 unspecified atom stereocenters. The van der Waals surface area contributed by atoms with Crippen LogP contribution in [0.15, 0.2) is 28.7 Å². The van der Waals surface area contributed by atoms with Gasteiger partial charge in [-0.1, -0.05) is 6.07 Å². The number of hydrogen-bond donors (Lipinski definition) is 2. The molecule has 0 bridgehead atoms. The average molecular weight is 264 g/mol. The lowest BCUT2D eigenvalue weighted by Gasteiger charge is -2.19. The van der Waals surface area contributed by atoms with Crippen molar-refractivity contribution < 1.29 is 24.2 Å². The maximum Gasteiger partial charge on any atom is 0.338 e. The van der Waals surface area contributed by atoms with E-state index in [0.717, 1.165) is 0 Å². The van der Waals surface area contributed by atoms with E-state index in [0.29, 0.717) is 16.5 Å². The molecule has 1 aromatic carbocycles. The zero-order valence-electron chi connectivity index (χ0n) is 11.0. The monoisotopic (exact) mass is 264 g/mol. The second-order valence-corrected chi connectivity index (χ2v) is 5.28. The SMILES string of the molecule is CC(C)(C)OC(=O)c1ccc2cc(C(O)O)oc2c1. The molecule has 0 fully saturated rings. The highest BCUT2D eigenvalue weighted by Crippen LogP contribution is 2.24. The molecule has 5 heteroatoms. The molecule has 0 amide bonds. The topological polar surface area (TPSA) is 79.9 Å². The Bertz CT molecular complexity index is 604. The van der Waals surface area contributed by atoms with Crippen LogP contribution in [0.4, 0.5) is 0 Å². The lowest BCUT2D eigenvalue weighted by Crippen LogP contribution is -2.23. The van der Waals surface area contributed by atoms with Crippen molar-refractivity contribution in [2.75, 3.05) is 0 Å². The summed E-state index contributed by atoms with van der Waals surface area (Å²) >= 11 is 0. The lowest BCUT2D eigenvalue weighted by atomic mass is 10.1. The minimum atomic E-state index is -1.67. The fraction of sp³-hybridized carbons (Fsp3) is 0.357. The van der Waals surface area contributed by atoms with Gasteiger partial charge in [-0.15, -0.1) is 0 Å². The molecule has 0 saturated heterocycles. The van der Waals surface area contributed by atoms with Crippen LogP contribution in [0.25, 0.3) is 11.0 Å². The molecule has 2 N–H and O–H groups in total. The van der Waals surface area contributed by atoms with Crippen LogP contribution in [0.1, 0.15) is 43.2 Å². The normalized spacial score (nSPS) is 12.1. The first-order chi connectivity index (χ1) is 8.76. The van der Waals surface area contributed by atoms with Crippen LogP contribution in [0.2, 0.25) is 0 Å². The van der Waals surface area contributed by atoms with Crippen molar-refractivity contribution in [1.29, 1.82) is 0 Å². The third-order valence-corrected chi connectivity index (χ3v) is 2.43. The van der Waals surface area contributed by atoms with Crippen molar-refractivity contribution >= 4 is 16.9 Å². The van der Waals surface area contributed by atoms with Crippen LogP contribution in [0.3, 0.4) is 0 Å². The molecule has 2 rings (SSSR count). The number of aliphatic hydroxyl groups is 2. The van der Waals surface area contributed by atoms with Crippen LogP contribution in [0, 0.1) is 0 Å². The van der Waals surface area contributed by atoms with Crippen LogP contribution >= 0.6 is 0 Å². The van der Waals surface area contributed by atoms with Crippen molar-refractivity contribution in [2.45, 2.75) is 32.7 Å². The Morgan fingerprint density at radius 2 is 1.95 bits per heavy atom. The molecule has 1 aromatic heterocycles. The minimum absolute atomic E-state index is 0.0383. The number of carbonyl (C=O) groups excluding carboxylic acids is 1. The molecule has 102 valence electrons. The van der Waals surface area contributed by atoms with Gasteiger partial charge in [0.15, 0.2) is 5.76 Å². The van der Waals surface area contributed by atoms with E-state index in [4.69, 9.17) is 19.4 Å². The molecule has 0 aliphatic heterocycles. The zero-order valence-corrected chi connectivity index (χ0v) is 11.0. The Kier molecular flexibility index (Phi) is 3.34. The van der Waals surface area contributed by atoms with E-state index in [1.54, 1.807) is 32.9 Å². The summed E-state index contributed by atoms with van der Waals surface area (Å²) in [4.78, 5) is 11.9. The van der Waals surface area contributed by atoms with Gasteiger partial charge >= 0.3 is 5.97 Å². The molecule has 0 spiro atoms. The predicted molar refractivity (Wildman–Crippen MR) is 68.6 cm³/mol. The summed E-state index contributed by atoms with van der Waals surface area (Å²) in [6.45, 7) is 5.36. The number of furan rings is 1. The first-order valence-corrected chi connectivity index (χ1v) is 5.89. The Morgan fingerprint density at radius 3 is 2.53 bits per heavy atom. The Hall–Kier alpha value is -1.85. The molecule has 0 saturated carbocycles. The quantitative estimate of drug-likeness (QED) is 0.643. The molecule has 0 atom stereocenters. The highest BCUT2D eigenvalue weighted by atomic mass is 16.6. The summed E-state index contributed by atoms with van der Waals surface area (Å²) in [5.41, 5.74) is 0.198. The third-order valence-electron chi connectivity index (χ3n) is 2.43. The molecular weight excluding hydrogens is 248 g/mol. The molecular formula is C14H16O5. The molecule has 2 aromatic rings. The van der Waals surface area contributed by atoms with E-state index in [9.17, 15) is 4.79 Å². The second kappa shape index (κ2) is 4.68. The van der Waals surface area contributed by atoms with Gasteiger partial charge in [0.2, 0.25) is 6.29 Å². The van der Waals surface area contributed by atoms with Crippen molar-refractivity contribution in [3.63, 3.8) is 0 Å². The van der Waals surface area contributed by atoms with E-state index in [1.807, 2.05) is 0 Å². The fourth-order valence-corrected chi connectivity index (χ4v) is 1.64. The second-order valence-electron chi connectivity index (χ2n) is 5.28. The number of rotatable bonds is 2. The van der Waals surface area contributed by atoms with Crippen molar-refractivity contribution in [2.24, 2.45) is 0 Å². The van der Waals surface area contributed by atoms with E-state index in [1.165, 1.54) is 12.1 Å². The van der Waals surface area contributed by atoms with Gasteiger partial charge in [-0.2, -0.15) is 0 Å². The number of aliphatic hydroxyl groups excluding tert-OH is 1. The third kappa shape index (κ3) is 3.13. The maximum atomic E-state index is 11.9. The highest BCUT2D eigenvalue weighted by Gasteiger charge is 2.19. The average Bonchev–Trinajstić information content (AvgIpc) is 2.69. The van der Waals surface area contributed by atoms with Crippen LogP contribution < -0.4 is 0 Å². The number of hydrogen-bond acceptors (Lipinski definition) is 5. The van der Waals surface area contributed by atoms with Gasteiger partial charge in [-0.3, -0.25) is 0 Å². The molecule has 0 aliphatic carbocycles. The van der Waals surface area contributed by atoms with E-state index in [-0.39, 0.29) is 5.76 Å². The van der Waals surface area contributed by atoms with Gasteiger partial charge in [0, 0.05) is 5.39 Å². The van der Waals surface area contributed by atoms with Gasteiger partial charge in [0.25, 0.3) is 0 Å². The molecule has 1 heterocycles. The van der Waals surface area contributed by atoms with E-state index >= 15 is 0 Å². The summed E-state index contributed by atoms with van der Waals surface area (Å²) in [7, 11) is 0. The van der Waals surface area contributed by atoms with Crippen LogP contribution in [-0.4, -0.2) is 21.8 Å². The van der Waals surface area contributed by atoms with Gasteiger partial charge in [0.1, 0.15) is 11.2 Å². The minimum Gasteiger partial charge on any atom is -0.456 e. The molecule has 0 aliphatic rings. The van der Waals surface area contributed by atoms with Gasteiger partial charge in [-0.05, 0) is 39.0 Å². The summed E-state index contributed by atoms with van der Waals surface area (Å²) in [6.07, 6.45) is -1.67. The van der Waals surface area contributed by atoms with Crippen LogP contribution in [0.5, 0.6) is 0 Å². The molecule has 0 radical (unpaired) electrons. The highest BCUT2D eigenvalue weighted by molar-refractivity contribution is 5.94. The summed E-state index contributed by atoms with van der Waals surface area (Å²) in [5.74, 6) is -0.409. The van der Waals surface area contributed by atoms with E-state index in [2.05, 4.69) is 0 Å². The summed E-state index contributed by atoms with van der Waals surface area (Å²) in [5, 5.41) is 18.7. The first kappa shape index (κ1) is 13.6. The Balaban J connectivity index is 2.33. The number of fused-ring (bicyclic) bond motifs is 1. The maximum absolute atomic E-state index is 11.9. The molecule has 19 heavy (non-hydrogen) atoms. The molecule has 5 nitrogen and oxygen atoms in total. The van der Waals surface area contributed by atoms with Gasteiger partial charge < -0.3 is 19.4 Å². The van der Waals surface area contributed by atoms with Gasteiger partial charge in [0.05, 0.1) is 5.56 Å². The van der Waals surface area contributed by atoms with Crippen molar-refractivity contribution in [3.05, 3.63) is 35.6 Å². The standard InChI is InChI=1S/C14H16O5/c1-14(2,3)19-13(17)9-5-4-8-6-11(12(15)16)18-10(8)7-9/h4-7,12,15-16H,1-3H3.